The molecule has 8 saturated carbocycles. The van der Waals surface area contributed by atoms with Crippen molar-refractivity contribution in [3.05, 3.63) is 0 Å². The lowest BCUT2D eigenvalue weighted by atomic mass is 9.50. The second-order valence-electron chi connectivity index (χ2n) is 21.5. The number of aliphatic hydroxyl groups is 1. The standard InChI is InChI=1S/C45H68O9/c1-23-29-18-34(35(19-29)36(46)21-38(47)53-43(3,4)5)33(23)20-30(40(48)54-45(7)31-13-25-12-26(15-31)16-32(45)14-25)22-44(6,39-24(2)27-8-9-28(39)17-27)42(50)52-37-10-11-51-41(37)49/h23-37,39,46H,8-22H2,1-7H3. The fourth-order valence-corrected chi connectivity index (χ4v) is 14.9. The van der Waals surface area contributed by atoms with Crippen LogP contribution in [0.1, 0.15) is 138 Å². The maximum Gasteiger partial charge on any atom is 0.347 e. The van der Waals surface area contributed by atoms with Crippen LogP contribution in [0.25, 0.3) is 0 Å². The van der Waals surface area contributed by atoms with Gasteiger partial charge in [-0.15, -0.1) is 0 Å². The average molecular weight is 753 g/mol. The highest BCUT2D eigenvalue weighted by atomic mass is 16.6. The van der Waals surface area contributed by atoms with E-state index in [1.807, 2.05) is 27.7 Å². The van der Waals surface area contributed by atoms with Crippen LogP contribution in [0.4, 0.5) is 0 Å². The van der Waals surface area contributed by atoms with Crippen LogP contribution in [-0.4, -0.2) is 59.0 Å². The van der Waals surface area contributed by atoms with Crippen molar-refractivity contribution in [2.75, 3.05) is 6.61 Å². The molecule has 0 aromatic heterocycles. The third-order valence-corrected chi connectivity index (χ3v) is 17.3. The van der Waals surface area contributed by atoms with Gasteiger partial charge < -0.3 is 24.1 Å². The Hall–Kier alpha value is -2.16. The van der Waals surface area contributed by atoms with E-state index in [2.05, 4.69) is 20.8 Å². The minimum atomic E-state index is -0.979. The lowest BCUT2D eigenvalue weighted by molar-refractivity contribution is -0.209. The van der Waals surface area contributed by atoms with Crippen molar-refractivity contribution in [3.63, 3.8) is 0 Å². The third-order valence-electron chi connectivity index (χ3n) is 17.3. The molecule has 302 valence electrons. The Balaban J connectivity index is 1.09. The summed E-state index contributed by atoms with van der Waals surface area (Å²) in [4.78, 5) is 55.3. The normalized spacial score (nSPS) is 45.2. The molecule has 0 amide bonds. The second kappa shape index (κ2) is 14.0. The molecule has 8 bridgehead atoms. The van der Waals surface area contributed by atoms with Gasteiger partial charge in [-0.1, -0.05) is 13.8 Å². The molecular weight excluding hydrogens is 684 g/mol. The quantitative estimate of drug-likeness (QED) is 0.158. The summed E-state index contributed by atoms with van der Waals surface area (Å²) in [5, 5.41) is 11.5. The van der Waals surface area contributed by atoms with E-state index in [0.717, 1.165) is 63.2 Å². The number of carbonyl (C=O) groups is 4. The van der Waals surface area contributed by atoms with Crippen LogP contribution in [0.2, 0.25) is 0 Å². The first-order valence-electron chi connectivity index (χ1n) is 21.9. The molecule has 9 rings (SSSR count). The molecule has 13 unspecified atom stereocenters. The number of aliphatic hydroxyl groups excluding tert-OH is 1. The second-order valence-corrected chi connectivity index (χ2v) is 21.5. The molecule has 0 aromatic carbocycles. The summed E-state index contributed by atoms with van der Waals surface area (Å²) in [5.74, 6) is 2.61. The van der Waals surface area contributed by atoms with Crippen LogP contribution in [0.3, 0.4) is 0 Å². The average Bonchev–Trinajstić information content (AvgIpc) is 3.92. The van der Waals surface area contributed by atoms with E-state index >= 15 is 4.79 Å². The van der Waals surface area contributed by atoms with Gasteiger partial charge in [0.05, 0.1) is 30.5 Å². The Morgan fingerprint density at radius 1 is 0.870 bits per heavy atom. The number of hydrogen-bond acceptors (Lipinski definition) is 9. The molecule has 0 radical (unpaired) electrons. The number of hydrogen-bond donors (Lipinski definition) is 1. The molecule has 54 heavy (non-hydrogen) atoms. The van der Waals surface area contributed by atoms with E-state index in [9.17, 15) is 19.5 Å². The first-order valence-corrected chi connectivity index (χ1v) is 21.9. The maximum atomic E-state index is 15.1. The molecule has 1 saturated heterocycles. The summed E-state index contributed by atoms with van der Waals surface area (Å²) >= 11 is 0. The van der Waals surface area contributed by atoms with E-state index in [4.69, 9.17) is 18.9 Å². The van der Waals surface area contributed by atoms with Gasteiger partial charge in [-0.3, -0.25) is 14.4 Å². The van der Waals surface area contributed by atoms with Gasteiger partial charge in [-0.05, 0) is 189 Å². The Morgan fingerprint density at radius 3 is 2.11 bits per heavy atom. The summed E-state index contributed by atoms with van der Waals surface area (Å²) in [7, 11) is 0. The lowest BCUT2D eigenvalue weighted by Gasteiger charge is -2.59. The molecule has 0 spiro atoms. The Kier molecular flexibility index (Phi) is 10.1. The Labute approximate surface area is 323 Å². The third kappa shape index (κ3) is 6.84. The zero-order chi connectivity index (χ0) is 38.5. The van der Waals surface area contributed by atoms with Gasteiger partial charge in [0.25, 0.3) is 0 Å². The lowest BCUT2D eigenvalue weighted by Crippen LogP contribution is -2.58. The molecule has 9 nitrogen and oxygen atoms in total. The van der Waals surface area contributed by atoms with Gasteiger partial charge in [-0.25, -0.2) is 4.79 Å². The fourth-order valence-electron chi connectivity index (χ4n) is 14.9. The van der Waals surface area contributed by atoms with Crippen LogP contribution < -0.4 is 0 Å². The summed E-state index contributed by atoms with van der Waals surface area (Å²) in [6.45, 7) is 14.6. The van der Waals surface area contributed by atoms with Crippen molar-refractivity contribution >= 4 is 23.9 Å². The highest BCUT2D eigenvalue weighted by molar-refractivity contribution is 5.84. The van der Waals surface area contributed by atoms with E-state index in [1.165, 1.54) is 12.8 Å². The maximum absolute atomic E-state index is 15.1. The molecular formula is C45H68O9. The number of fused-ring (bicyclic) bond motifs is 4. The predicted molar refractivity (Wildman–Crippen MR) is 200 cm³/mol. The van der Waals surface area contributed by atoms with Crippen LogP contribution in [-0.2, 0) is 38.1 Å². The van der Waals surface area contributed by atoms with Crippen molar-refractivity contribution in [1.82, 2.24) is 0 Å². The summed E-state index contributed by atoms with van der Waals surface area (Å²) in [5.41, 5.74) is -2.10. The topological polar surface area (TPSA) is 125 Å². The molecule has 9 fully saturated rings. The minimum absolute atomic E-state index is 0.0313. The van der Waals surface area contributed by atoms with Gasteiger partial charge >= 0.3 is 23.9 Å². The number of esters is 4. The first-order chi connectivity index (χ1) is 25.4. The Bertz CT molecular complexity index is 1450. The first kappa shape index (κ1) is 38.7. The van der Waals surface area contributed by atoms with Crippen LogP contribution in [0, 0.1) is 88.3 Å². The molecule has 9 heteroatoms. The minimum Gasteiger partial charge on any atom is -0.463 e. The van der Waals surface area contributed by atoms with Gasteiger partial charge in [0.2, 0.25) is 6.10 Å². The van der Waals surface area contributed by atoms with Crippen molar-refractivity contribution < 1.29 is 43.2 Å². The fraction of sp³-hybridized carbons (Fsp3) is 0.911. The van der Waals surface area contributed by atoms with Gasteiger partial charge in [0.1, 0.15) is 11.2 Å². The highest BCUT2D eigenvalue weighted by Crippen LogP contribution is 2.63. The van der Waals surface area contributed by atoms with Gasteiger partial charge in [-0.2, -0.15) is 0 Å². The molecule has 0 aromatic rings. The zero-order valence-corrected chi connectivity index (χ0v) is 34.1. The largest absolute Gasteiger partial charge is 0.463 e. The van der Waals surface area contributed by atoms with E-state index in [0.29, 0.717) is 60.7 Å². The zero-order valence-electron chi connectivity index (χ0n) is 34.1. The summed E-state index contributed by atoms with van der Waals surface area (Å²) in [6, 6.07) is 0. The van der Waals surface area contributed by atoms with Crippen molar-refractivity contribution in [2.45, 2.75) is 162 Å². The predicted octanol–water partition coefficient (Wildman–Crippen LogP) is 7.69. The van der Waals surface area contributed by atoms with Crippen LogP contribution in [0.5, 0.6) is 0 Å². The number of carbonyl (C=O) groups excluding carboxylic acids is 4. The van der Waals surface area contributed by atoms with Gasteiger partial charge in [0.15, 0.2) is 0 Å². The number of rotatable bonds is 12. The number of ether oxygens (including phenoxy) is 4. The molecule has 8 aliphatic carbocycles. The van der Waals surface area contributed by atoms with Crippen LogP contribution >= 0.6 is 0 Å². The van der Waals surface area contributed by atoms with E-state index in [-0.39, 0.29) is 54.6 Å². The number of cyclic esters (lactones) is 1. The molecule has 13 atom stereocenters. The SMILES string of the molecule is CC1C2CC(C(O)CC(=O)OC(C)(C)C)C(C2)C1CC(CC(C)(C(=O)OC1CCOC1=O)C1C2CCC(C2)C1C)C(=O)OC1(C)C2CC3CC(C2)CC1C3. The van der Waals surface area contributed by atoms with Crippen molar-refractivity contribution in [2.24, 2.45) is 88.3 Å². The Morgan fingerprint density at radius 2 is 1.54 bits per heavy atom. The molecule has 1 heterocycles. The van der Waals surface area contributed by atoms with E-state index < -0.39 is 40.7 Å². The monoisotopic (exact) mass is 752 g/mol. The van der Waals surface area contributed by atoms with Gasteiger partial charge in [0, 0.05) is 6.42 Å². The summed E-state index contributed by atoms with van der Waals surface area (Å²) < 4.78 is 23.8. The van der Waals surface area contributed by atoms with Crippen LogP contribution in [0.15, 0.2) is 0 Å². The van der Waals surface area contributed by atoms with Crippen molar-refractivity contribution in [1.29, 1.82) is 0 Å². The highest BCUT2D eigenvalue weighted by Gasteiger charge is 2.61. The molecule has 9 aliphatic rings. The smallest absolute Gasteiger partial charge is 0.347 e. The summed E-state index contributed by atoms with van der Waals surface area (Å²) in [6.07, 6.45) is 10.6. The van der Waals surface area contributed by atoms with Crippen molar-refractivity contribution in [3.8, 4) is 0 Å². The van der Waals surface area contributed by atoms with E-state index in [1.54, 1.807) is 0 Å². The molecule has 1 N–H and O–H groups in total. The molecule has 1 aliphatic heterocycles.